The lowest BCUT2D eigenvalue weighted by molar-refractivity contribution is 0.0643. The summed E-state index contributed by atoms with van der Waals surface area (Å²) in [4.78, 5) is 8.20. The minimum Gasteiger partial charge on any atom is -0.390 e. The largest absolute Gasteiger partial charge is 0.390 e. The molecule has 1 unspecified atom stereocenters. The molecule has 1 aromatic heterocycles. The smallest absolute Gasteiger partial charge is 0.0829 e. The number of aryl methyl sites for hydroxylation is 1. The Morgan fingerprint density at radius 3 is 2.77 bits per heavy atom. The first-order chi connectivity index (χ1) is 6.24. The predicted octanol–water partition coefficient (Wildman–Crippen LogP) is 0.335. The number of aliphatic hydroxyl groups is 1. The van der Waals surface area contributed by atoms with Gasteiger partial charge in [0.1, 0.15) is 0 Å². The van der Waals surface area contributed by atoms with E-state index in [4.69, 9.17) is 4.74 Å². The van der Waals surface area contributed by atoms with E-state index < -0.39 is 6.10 Å². The zero-order chi connectivity index (χ0) is 9.68. The van der Waals surface area contributed by atoms with E-state index in [0.29, 0.717) is 13.0 Å². The number of aliphatic hydroxyl groups excluding tert-OH is 1. The van der Waals surface area contributed by atoms with E-state index in [1.54, 1.807) is 19.5 Å². The van der Waals surface area contributed by atoms with Gasteiger partial charge >= 0.3 is 0 Å². The van der Waals surface area contributed by atoms with E-state index in [1.165, 1.54) is 0 Å². The van der Waals surface area contributed by atoms with Gasteiger partial charge in [-0.2, -0.15) is 0 Å². The number of aromatic nitrogens is 2. The van der Waals surface area contributed by atoms with Gasteiger partial charge in [-0.25, -0.2) is 0 Å². The Morgan fingerprint density at radius 2 is 2.15 bits per heavy atom. The molecule has 0 fully saturated rings. The molecule has 1 N–H and O–H groups in total. The van der Waals surface area contributed by atoms with Gasteiger partial charge in [-0.05, 0) is 6.92 Å². The maximum Gasteiger partial charge on any atom is 0.0829 e. The topological polar surface area (TPSA) is 55.2 Å². The molecular weight excluding hydrogens is 168 g/mol. The van der Waals surface area contributed by atoms with Crippen LogP contribution in [0.25, 0.3) is 0 Å². The SMILES string of the molecule is COCC(O)Cc1nccnc1C. The van der Waals surface area contributed by atoms with E-state index in [1.807, 2.05) is 6.92 Å². The summed E-state index contributed by atoms with van der Waals surface area (Å²) >= 11 is 0. The summed E-state index contributed by atoms with van der Waals surface area (Å²) in [5.74, 6) is 0. The summed E-state index contributed by atoms with van der Waals surface area (Å²) in [5.41, 5.74) is 1.68. The summed E-state index contributed by atoms with van der Waals surface area (Å²) in [6.45, 7) is 2.21. The van der Waals surface area contributed by atoms with Crippen LogP contribution in [0.3, 0.4) is 0 Å². The van der Waals surface area contributed by atoms with Crippen molar-refractivity contribution in [1.29, 1.82) is 0 Å². The summed E-state index contributed by atoms with van der Waals surface area (Å²) in [6, 6.07) is 0. The Labute approximate surface area is 77.6 Å². The van der Waals surface area contributed by atoms with Crippen LogP contribution in [-0.2, 0) is 11.2 Å². The van der Waals surface area contributed by atoms with Crippen molar-refractivity contribution < 1.29 is 9.84 Å². The first-order valence-corrected chi connectivity index (χ1v) is 4.17. The molecule has 1 aromatic rings. The predicted molar refractivity (Wildman–Crippen MR) is 48.4 cm³/mol. The molecule has 0 bridgehead atoms. The fraction of sp³-hybridized carbons (Fsp3) is 0.556. The molecule has 0 radical (unpaired) electrons. The van der Waals surface area contributed by atoms with E-state index in [0.717, 1.165) is 11.4 Å². The monoisotopic (exact) mass is 182 g/mol. The van der Waals surface area contributed by atoms with E-state index in [2.05, 4.69) is 9.97 Å². The van der Waals surface area contributed by atoms with Crippen LogP contribution in [0.15, 0.2) is 12.4 Å². The molecule has 0 aromatic carbocycles. The lowest BCUT2D eigenvalue weighted by Gasteiger charge is -2.09. The van der Waals surface area contributed by atoms with Crippen molar-refractivity contribution in [2.75, 3.05) is 13.7 Å². The van der Waals surface area contributed by atoms with Crippen molar-refractivity contribution in [3.8, 4) is 0 Å². The molecule has 4 heteroatoms. The van der Waals surface area contributed by atoms with E-state index >= 15 is 0 Å². The van der Waals surface area contributed by atoms with Crippen molar-refractivity contribution in [3.05, 3.63) is 23.8 Å². The highest BCUT2D eigenvalue weighted by Gasteiger charge is 2.08. The minimum absolute atomic E-state index is 0.329. The third-order valence-electron chi connectivity index (χ3n) is 1.77. The van der Waals surface area contributed by atoms with Gasteiger partial charge in [0, 0.05) is 25.9 Å². The van der Waals surface area contributed by atoms with Gasteiger partial charge in [0.2, 0.25) is 0 Å². The van der Waals surface area contributed by atoms with Crippen LogP contribution in [0, 0.1) is 6.92 Å². The average Bonchev–Trinajstić information content (AvgIpc) is 2.09. The Hall–Kier alpha value is -1.00. The standard InChI is InChI=1S/C9H14N2O2/c1-7-9(11-4-3-10-7)5-8(12)6-13-2/h3-4,8,12H,5-6H2,1-2H3. The highest BCUT2D eigenvalue weighted by atomic mass is 16.5. The molecule has 1 rings (SSSR count). The van der Waals surface area contributed by atoms with Gasteiger partial charge in [-0.3, -0.25) is 9.97 Å². The molecule has 0 aliphatic rings. The number of rotatable bonds is 4. The van der Waals surface area contributed by atoms with Gasteiger partial charge in [0.05, 0.1) is 24.1 Å². The molecule has 0 amide bonds. The van der Waals surface area contributed by atoms with Gasteiger partial charge in [0.15, 0.2) is 0 Å². The summed E-state index contributed by atoms with van der Waals surface area (Å²) in [6.07, 6.45) is 3.26. The number of nitrogens with zero attached hydrogens (tertiary/aromatic N) is 2. The maximum absolute atomic E-state index is 9.43. The van der Waals surface area contributed by atoms with Crippen LogP contribution in [0.4, 0.5) is 0 Å². The number of ether oxygens (including phenoxy) is 1. The molecule has 0 aliphatic heterocycles. The summed E-state index contributed by atoms with van der Waals surface area (Å²) in [5, 5.41) is 9.43. The molecule has 0 aliphatic carbocycles. The van der Waals surface area contributed by atoms with Crippen LogP contribution < -0.4 is 0 Å². The number of hydrogen-bond acceptors (Lipinski definition) is 4. The summed E-state index contributed by atoms with van der Waals surface area (Å²) in [7, 11) is 1.56. The zero-order valence-electron chi connectivity index (χ0n) is 7.90. The molecule has 0 saturated heterocycles. The van der Waals surface area contributed by atoms with Crippen LogP contribution in [0.2, 0.25) is 0 Å². The summed E-state index contributed by atoms with van der Waals surface area (Å²) < 4.78 is 4.82. The van der Waals surface area contributed by atoms with Crippen LogP contribution in [0.5, 0.6) is 0 Å². The normalized spacial score (nSPS) is 12.8. The lowest BCUT2D eigenvalue weighted by Crippen LogP contribution is -2.18. The Balaban J connectivity index is 2.58. The Bertz CT molecular complexity index is 266. The fourth-order valence-corrected chi connectivity index (χ4v) is 1.11. The molecule has 72 valence electrons. The molecule has 4 nitrogen and oxygen atoms in total. The van der Waals surface area contributed by atoms with Crippen LogP contribution in [0.1, 0.15) is 11.4 Å². The molecule has 0 spiro atoms. The quantitative estimate of drug-likeness (QED) is 0.729. The van der Waals surface area contributed by atoms with Crippen molar-refractivity contribution in [2.45, 2.75) is 19.4 Å². The average molecular weight is 182 g/mol. The molecule has 0 saturated carbocycles. The fourth-order valence-electron chi connectivity index (χ4n) is 1.11. The maximum atomic E-state index is 9.43. The van der Waals surface area contributed by atoms with Crippen molar-refractivity contribution in [3.63, 3.8) is 0 Å². The van der Waals surface area contributed by atoms with Crippen LogP contribution >= 0.6 is 0 Å². The second kappa shape index (κ2) is 4.89. The Kier molecular flexibility index (Phi) is 3.79. The van der Waals surface area contributed by atoms with Gasteiger partial charge < -0.3 is 9.84 Å². The molecule has 1 heterocycles. The Morgan fingerprint density at radius 1 is 1.46 bits per heavy atom. The number of methoxy groups -OCH3 is 1. The van der Waals surface area contributed by atoms with E-state index in [-0.39, 0.29) is 0 Å². The van der Waals surface area contributed by atoms with Crippen LogP contribution in [-0.4, -0.2) is 34.9 Å². The molecule has 1 atom stereocenters. The lowest BCUT2D eigenvalue weighted by atomic mass is 10.2. The second-order valence-electron chi connectivity index (χ2n) is 2.90. The minimum atomic E-state index is -0.500. The van der Waals surface area contributed by atoms with Gasteiger partial charge in [-0.15, -0.1) is 0 Å². The molecular formula is C9H14N2O2. The highest BCUT2D eigenvalue weighted by molar-refractivity contribution is 5.09. The van der Waals surface area contributed by atoms with E-state index in [9.17, 15) is 5.11 Å². The number of hydrogen-bond donors (Lipinski definition) is 1. The van der Waals surface area contributed by atoms with Gasteiger partial charge in [-0.1, -0.05) is 0 Å². The zero-order valence-corrected chi connectivity index (χ0v) is 7.90. The highest BCUT2D eigenvalue weighted by Crippen LogP contribution is 2.03. The second-order valence-corrected chi connectivity index (χ2v) is 2.90. The first kappa shape index (κ1) is 10.1. The molecule has 13 heavy (non-hydrogen) atoms. The third-order valence-corrected chi connectivity index (χ3v) is 1.77. The third kappa shape index (κ3) is 3.08. The van der Waals surface area contributed by atoms with Gasteiger partial charge in [0.25, 0.3) is 0 Å². The van der Waals surface area contributed by atoms with Crippen molar-refractivity contribution in [2.24, 2.45) is 0 Å². The van der Waals surface area contributed by atoms with Crippen molar-refractivity contribution in [1.82, 2.24) is 9.97 Å². The van der Waals surface area contributed by atoms with Crippen molar-refractivity contribution >= 4 is 0 Å². The first-order valence-electron chi connectivity index (χ1n) is 4.17.